The molecule has 2 rings (SSSR count). The number of rotatable bonds is 12. The third-order valence-corrected chi connectivity index (χ3v) is 5.86. The second kappa shape index (κ2) is 11.7. The summed E-state index contributed by atoms with van der Waals surface area (Å²) in [5.41, 5.74) is -2.27. The molecule has 0 bridgehead atoms. The Morgan fingerprint density at radius 1 is 1.26 bits per heavy atom. The summed E-state index contributed by atoms with van der Waals surface area (Å²) in [6.45, 7) is 12.3. The third-order valence-electron chi connectivity index (χ3n) is 5.86. The van der Waals surface area contributed by atoms with Gasteiger partial charge in [0.2, 0.25) is 11.8 Å². The Bertz CT molecular complexity index is 839. The number of aliphatic hydroxyl groups excluding tert-OH is 1. The van der Waals surface area contributed by atoms with Crippen LogP contribution in [0.15, 0.2) is 25.3 Å². The zero-order valence-electron chi connectivity index (χ0n) is 20.6. The van der Waals surface area contributed by atoms with Crippen molar-refractivity contribution < 1.29 is 38.9 Å². The van der Waals surface area contributed by atoms with Crippen LogP contribution in [0.1, 0.15) is 46.5 Å². The molecule has 1 aliphatic carbocycles. The predicted octanol–water partition coefficient (Wildman–Crippen LogP) is 0.970. The standard InChI is InChI=1S/C24H37N3O8/c1-6-8-9-10-34-14-17(25-22(33)35-23(3,4)5)20(30)27-13-16(28)11-18(27)19(29)26-24(21(31)32)12-15(24)7-2/h6-7,15-18,28H,1-2,8-14H2,3-5H3,(H,25,33)(H,26,29)(H,31,32)/t15?,16-,17+,18+,24?/m1/s1. The van der Waals surface area contributed by atoms with Crippen LogP contribution in [0.2, 0.25) is 0 Å². The molecule has 2 unspecified atom stereocenters. The molecule has 0 aromatic heterocycles. The molecule has 2 aliphatic rings. The van der Waals surface area contributed by atoms with E-state index in [1.54, 1.807) is 26.8 Å². The lowest BCUT2D eigenvalue weighted by atomic mass is 10.1. The average Bonchev–Trinajstić information content (AvgIpc) is 3.34. The molecule has 196 valence electrons. The van der Waals surface area contributed by atoms with E-state index in [4.69, 9.17) is 9.47 Å². The molecular formula is C24H37N3O8. The van der Waals surface area contributed by atoms with Gasteiger partial charge in [-0.15, -0.1) is 13.2 Å². The van der Waals surface area contributed by atoms with Crippen molar-refractivity contribution in [3.8, 4) is 0 Å². The van der Waals surface area contributed by atoms with Gasteiger partial charge in [-0.3, -0.25) is 9.59 Å². The lowest BCUT2D eigenvalue weighted by Gasteiger charge is -2.30. The summed E-state index contributed by atoms with van der Waals surface area (Å²) in [5.74, 6) is -2.95. The molecule has 3 amide bonds. The Labute approximate surface area is 205 Å². The highest BCUT2D eigenvalue weighted by molar-refractivity contribution is 5.96. The van der Waals surface area contributed by atoms with Gasteiger partial charge in [0.1, 0.15) is 23.2 Å². The maximum Gasteiger partial charge on any atom is 0.408 e. The van der Waals surface area contributed by atoms with E-state index >= 15 is 0 Å². The summed E-state index contributed by atoms with van der Waals surface area (Å²) in [6.07, 6.45) is 2.91. The first-order chi connectivity index (χ1) is 16.3. The lowest BCUT2D eigenvalue weighted by Crippen LogP contribution is -2.57. The van der Waals surface area contributed by atoms with Crippen molar-refractivity contribution in [3.63, 3.8) is 0 Å². The van der Waals surface area contributed by atoms with E-state index in [1.807, 2.05) is 0 Å². The molecule has 1 saturated carbocycles. The van der Waals surface area contributed by atoms with Crippen molar-refractivity contribution >= 4 is 23.9 Å². The Balaban J connectivity index is 2.15. The fraction of sp³-hybridized carbons (Fsp3) is 0.667. The predicted molar refractivity (Wildman–Crippen MR) is 126 cm³/mol. The molecule has 1 heterocycles. The second-order valence-electron chi connectivity index (χ2n) is 9.91. The number of carboxylic acids is 1. The highest BCUT2D eigenvalue weighted by Crippen LogP contribution is 2.44. The number of likely N-dealkylation sites (tertiary alicyclic amines) is 1. The van der Waals surface area contributed by atoms with Gasteiger partial charge in [-0.1, -0.05) is 12.2 Å². The summed E-state index contributed by atoms with van der Waals surface area (Å²) >= 11 is 0. The van der Waals surface area contributed by atoms with E-state index < -0.39 is 59.1 Å². The van der Waals surface area contributed by atoms with Crippen LogP contribution in [-0.2, 0) is 23.9 Å². The Morgan fingerprint density at radius 2 is 1.94 bits per heavy atom. The number of aliphatic carboxylic acids is 1. The van der Waals surface area contributed by atoms with Crippen molar-refractivity contribution in [1.29, 1.82) is 0 Å². The summed E-state index contributed by atoms with van der Waals surface area (Å²) in [7, 11) is 0. The van der Waals surface area contributed by atoms with Gasteiger partial charge >= 0.3 is 12.1 Å². The van der Waals surface area contributed by atoms with E-state index in [9.17, 15) is 29.4 Å². The maximum absolute atomic E-state index is 13.4. The molecule has 4 N–H and O–H groups in total. The fourth-order valence-corrected chi connectivity index (χ4v) is 3.98. The molecule has 2 fully saturated rings. The Kier molecular flexibility index (Phi) is 9.45. The van der Waals surface area contributed by atoms with Crippen LogP contribution in [0.4, 0.5) is 4.79 Å². The first-order valence-electron chi connectivity index (χ1n) is 11.7. The number of carboxylic acid groups (broad SMARTS) is 1. The summed E-state index contributed by atoms with van der Waals surface area (Å²) in [4.78, 5) is 51.7. The van der Waals surface area contributed by atoms with Gasteiger partial charge < -0.3 is 35.2 Å². The van der Waals surface area contributed by atoms with E-state index in [-0.39, 0.29) is 26.0 Å². The van der Waals surface area contributed by atoms with Gasteiger partial charge in [0, 0.05) is 25.5 Å². The van der Waals surface area contributed by atoms with E-state index in [2.05, 4.69) is 23.8 Å². The first-order valence-corrected chi connectivity index (χ1v) is 11.7. The van der Waals surface area contributed by atoms with Crippen LogP contribution in [0.3, 0.4) is 0 Å². The normalized spacial score (nSPS) is 26.4. The highest BCUT2D eigenvalue weighted by atomic mass is 16.6. The van der Waals surface area contributed by atoms with Crippen LogP contribution in [0, 0.1) is 5.92 Å². The number of unbranched alkanes of at least 4 members (excludes halogenated alkanes) is 1. The molecule has 5 atom stereocenters. The van der Waals surface area contributed by atoms with Crippen molar-refractivity contribution in [2.24, 2.45) is 5.92 Å². The van der Waals surface area contributed by atoms with Crippen LogP contribution >= 0.6 is 0 Å². The number of allylic oxidation sites excluding steroid dienone is 1. The number of carbonyl (C=O) groups is 4. The second-order valence-corrected chi connectivity index (χ2v) is 9.91. The molecule has 0 aromatic carbocycles. The molecular weight excluding hydrogens is 458 g/mol. The number of amides is 3. The minimum absolute atomic E-state index is 0.0641. The molecule has 11 heteroatoms. The quantitative estimate of drug-likeness (QED) is 0.231. The number of carbonyl (C=O) groups excluding carboxylic acids is 3. The van der Waals surface area contributed by atoms with Crippen molar-refractivity contribution in [3.05, 3.63) is 25.3 Å². The zero-order valence-corrected chi connectivity index (χ0v) is 20.6. The number of alkyl carbamates (subject to hydrolysis) is 1. The SMILES string of the molecule is C=CCCCOC[C@H](NC(=O)OC(C)(C)C)C(=O)N1C[C@H](O)C[C@H]1C(=O)NC1(C(=O)O)CC1C=C. The molecule has 1 aliphatic heterocycles. The van der Waals surface area contributed by atoms with E-state index in [1.165, 1.54) is 6.08 Å². The van der Waals surface area contributed by atoms with Crippen molar-refractivity contribution in [2.75, 3.05) is 19.8 Å². The number of nitrogens with one attached hydrogen (secondary N) is 2. The first kappa shape index (κ1) is 28.3. The summed E-state index contributed by atoms with van der Waals surface area (Å²) < 4.78 is 10.8. The van der Waals surface area contributed by atoms with Gasteiger partial charge in [-0.25, -0.2) is 9.59 Å². The Hall–Kier alpha value is -2.92. The highest BCUT2D eigenvalue weighted by Gasteiger charge is 2.61. The minimum Gasteiger partial charge on any atom is -0.479 e. The topological polar surface area (TPSA) is 154 Å². The van der Waals surface area contributed by atoms with Crippen LogP contribution < -0.4 is 10.6 Å². The smallest absolute Gasteiger partial charge is 0.408 e. The maximum atomic E-state index is 13.4. The van der Waals surface area contributed by atoms with Crippen LogP contribution in [0.25, 0.3) is 0 Å². The Morgan fingerprint density at radius 3 is 2.49 bits per heavy atom. The summed E-state index contributed by atoms with van der Waals surface area (Å²) in [6, 6.07) is -2.28. The molecule has 0 spiro atoms. The molecule has 11 nitrogen and oxygen atoms in total. The fourth-order valence-electron chi connectivity index (χ4n) is 3.98. The van der Waals surface area contributed by atoms with Gasteiger partial charge in [0.15, 0.2) is 0 Å². The van der Waals surface area contributed by atoms with Crippen LogP contribution in [0.5, 0.6) is 0 Å². The van der Waals surface area contributed by atoms with E-state index in [0.717, 1.165) is 11.3 Å². The van der Waals surface area contributed by atoms with Gasteiger partial charge in [0.05, 0.1) is 12.7 Å². The number of hydrogen-bond acceptors (Lipinski definition) is 7. The molecule has 1 saturated heterocycles. The van der Waals surface area contributed by atoms with Gasteiger partial charge in [-0.2, -0.15) is 0 Å². The molecule has 0 radical (unpaired) electrons. The molecule has 0 aromatic rings. The monoisotopic (exact) mass is 495 g/mol. The number of aliphatic hydroxyl groups is 1. The number of β-amino-alcohol motifs (C(OH)–C–C–N with tert-alkyl or cyclic N) is 1. The number of ether oxygens (including phenoxy) is 2. The van der Waals surface area contributed by atoms with E-state index in [0.29, 0.717) is 13.0 Å². The lowest BCUT2D eigenvalue weighted by molar-refractivity contribution is -0.146. The van der Waals surface area contributed by atoms with Crippen molar-refractivity contribution in [2.45, 2.75) is 75.8 Å². The minimum atomic E-state index is -1.47. The zero-order chi connectivity index (χ0) is 26.4. The summed E-state index contributed by atoms with van der Waals surface area (Å²) in [5, 5.41) is 24.8. The largest absolute Gasteiger partial charge is 0.479 e. The van der Waals surface area contributed by atoms with Gasteiger partial charge in [0.25, 0.3) is 0 Å². The van der Waals surface area contributed by atoms with Crippen molar-refractivity contribution in [1.82, 2.24) is 15.5 Å². The number of hydrogen-bond donors (Lipinski definition) is 4. The third kappa shape index (κ3) is 7.53. The number of nitrogens with zero attached hydrogens (tertiary/aromatic N) is 1. The van der Waals surface area contributed by atoms with Crippen LogP contribution in [-0.4, -0.2) is 88.1 Å². The van der Waals surface area contributed by atoms with Gasteiger partial charge in [-0.05, 0) is 40.0 Å². The average molecular weight is 496 g/mol. The molecule has 35 heavy (non-hydrogen) atoms.